The van der Waals surface area contributed by atoms with Crippen LogP contribution < -0.4 is 20.6 Å². The fraction of sp³-hybridized carbons (Fsp3) is 0. The topological polar surface area (TPSA) is 6.48 Å². The molecule has 0 N–H and O–H groups in total. The first-order valence-corrected chi connectivity index (χ1v) is 17.7. The molecule has 0 saturated heterocycles. The summed E-state index contributed by atoms with van der Waals surface area (Å²) in [5.74, 6) is 0. The maximum atomic E-state index is 2.62. The molecule has 0 unspecified atom stereocenters. The van der Waals surface area contributed by atoms with Gasteiger partial charge in [0.05, 0.1) is 0 Å². The van der Waals surface area contributed by atoms with Crippen LogP contribution in [-0.4, -0.2) is 6.85 Å². The van der Waals surface area contributed by atoms with Crippen LogP contribution in [0.5, 0.6) is 0 Å². The van der Waals surface area contributed by atoms with E-state index in [0.717, 1.165) is 5.69 Å². The average molecular weight is 647 g/mol. The molecule has 0 amide bonds. The highest BCUT2D eigenvalue weighted by Crippen LogP contribution is 2.52. The molecule has 0 atom stereocenters. The van der Waals surface area contributed by atoms with Crippen molar-refractivity contribution in [3.8, 4) is 55.6 Å². The van der Waals surface area contributed by atoms with Crippen molar-refractivity contribution < 1.29 is 0 Å². The summed E-state index contributed by atoms with van der Waals surface area (Å²) >= 11 is 0. The van der Waals surface area contributed by atoms with Crippen molar-refractivity contribution >= 4 is 46.2 Å². The lowest BCUT2D eigenvalue weighted by Gasteiger charge is -2.49. The largest absolute Gasteiger partial charge is 0.376 e. The van der Waals surface area contributed by atoms with Crippen LogP contribution in [0.25, 0.3) is 55.6 Å². The van der Waals surface area contributed by atoms with E-state index in [-0.39, 0.29) is 6.85 Å². The van der Waals surface area contributed by atoms with E-state index in [2.05, 4.69) is 198 Å². The second-order valence-electron chi connectivity index (χ2n) is 13.7. The Balaban J connectivity index is 1.22. The molecule has 3 heteroatoms. The second kappa shape index (κ2) is 11.0. The van der Waals surface area contributed by atoms with E-state index in [4.69, 9.17) is 0 Å². The number of benzene rings is 8. The van der Waals surface area contributed by atoms with Gasteiger partial charge in [0.15, 0.2) is 0 Å². The van der Waals surface area contributed by atoms with E-state index in [1.165, 1.54) is 89.3 Å². The molecule has 236 valence electrons. The molecule has 0 radical (unpaired) electrons. The third kappa shape index (κ3) is 4.19. The molecule has 0 spiro atoms. The molecule has 0 aliphatic carbocycles. The molecule has 3 aliphatic heterocycles. The third-order valence-corrected chi connectivity index (χ3v) is 11.0. The van der Waals surface area contributed by atoms with Crippen LogP contribution in [0.3, 0.4) is 0 Å². The van der Waals surface area contributed by atoms with Crippen molar-refractivity contribution in [1.82, 2.24) is 0 Å². The van der Waals surface area contributed by atoms with Gasteiger partial charge in [-0.25, -0.2) is 0 Å². The standard InChI is InChI=1S/C48H31BN2/c1-4-14-32(15-5-1)35-26-27-44-42(31-35)41-22-13-25-46-48(41)49-47-40(39-20-10-11-23-43(39)51(44)49)21-12-24-45(47)50(46)38-29-36(33-16-6-2-7-17-33)28-37(30-38)34-18-8-3-9-19-34/h1-31H. The van der Waals surface area contributed by atoms with E-state index in [1.54, 1.807) is 0 Å². The molecule has 3 heterocycles. The van der Waals surface area contributed by atoms with Gasteiger partial charge in [0, 0.05) is 39.6 Å². The third-order valence-electron chi connectivity index (χ3n) is 11.0. The Labute approximate surface area is 298 Å². The fourth-order valence-electron chi connectivity index (χ4n) is 8.78. The van der Waals surface area contributed by atoms with Crippen LogP contribution in [0.2, 0.25) is 0 Å². The monoisotopic (exact) mass is 646 g/mol. The Bertz CT molecular complexity index is 2590. The quantitative estimate of drug-likeness (QED) is 0.176. The molecule has 0 fully saturated rings. The van der Waals surface area contributed by atoms with Gasteiger partial charge < -0.3 is 9.71 Å². The zero-order valence-corrected chi connectivity index (χ0v) is 27.9. The van der Waals surface area contributed by atoms with Crippen molar-refractivity contribution in [3.63, 3.8) is 0 Å². The summed E-state index contributed by atoms with van der Waals surface area (Å²) in [5, 5.41) is 0. The Morgan fingerprint density at radius 3 is 1.37 bits per heavy atom. The zero-order chi connectivity index (χ0) is 33.5. The van der Waals surface area contributed by atoms with Gasteiger partial charge in [-0.05, 0) is 104 Å². The first-order chi connectivity index (χ1) is 25.3. The van der Waals surface area contributed by atoms with E-state index in [9.17, 15) is 0 Å². The molecule has 8 aromatic carbocycles. The van der Waals surface area contributed by atoms with Gasteiger partial charge in [-0.3, -0.25) is 0 Å². The van der Waals surface area contributed by atoms with Gasteiger partial charge in [0.2, 0.25) is 0 Å². The summed E-state index contributed by atoms with van der Waals surface area (Å²) in [7, 11) is 0. The predicted molar refractivity (Wildman–Crippen MR) is 215 cm³/mol. The van der Waals surface area contributed by atoms with Crippen molar-refractivity contribution in [3.05, 3.63) is 188 Å². The smallest absolute Gasteiger partial charge is 0.333 e. The molecule has 0 aromatic heterocycles. The first kappa shape index (κ1) is 28.3. The number of anilines is 5. The van der Waals surface area contributed by atoms with E-state index >= 15 is 0 Å². The predicted octanol–water partition coefficient (Wildman–Crippen LogP) is 11.4. The van der Waals surface area contributed by atoms with Crippen molar-refractivity contribution in [2.75, 3.05) is 9.71 Å². The number of rotatable bonds is 4. The Morgan fingerprint density at radius 1 is 0.294 bits per heavy atom. The highest BCUT2D eigenvalue weighted by molar-refractivity contribution is 6.95. The van der Waals surface area contributed by atoms with Gasteiger partial charge in [-0.1, -0.05) is 140 Å². The van der Waals surface area contributed by atoms with Crippen LogP contribution in [0.15, 0.2) is 188 Å². The van der Waals surface area contributed by atoms with Crippen molar-refractivity contribution in [2.24, 2.45) is 0 Å². The van der Waals surface area contributed by atoms with E-state index in [0.29, 0.717) is 0 Å². The fourth-order valence-corrected chi connectivity index (χ4v) is 8.78. The highest BCUT2D eigenvalue weighted by Gasteiger charge is 2.48. The Hall–Kier alpha value is -6.58. The highest BCUT2D eigenvalue weighted by atomic mass is 15.2. The second-order valence-corrected chi connectivity index (χ2v) is 13.7. The summed E-state index contributed by atoms with van der Waals surface area (Å²) in [5.41, 5.74) is 21.3. The molecule has 51 heavy (non-hydrogen) atoms. The molecule has 3 aliphatic rings. The molecule has 11 rings (SSSR count). The summed E-state index contributed by atoms with van der Waals surface area (Å²) in [6.45, 7) is 0.0505. The maximum Gasteiger partial charge on any atom is 0.333 e. The summed E-state index contributed by atoms with van der Waals surface area (Å²) in [6, 6.07) is 69.2. The van der Waals surface area contributed by atoms with E-state index in [1.807, 2.05) is 0 Å². The molecule has 8 aromatic rings. The van der Waals surface area contributed by atoms with Crippen molar-refractivity contribution in [1.29, 1.82) is 0 Å². The van der Waals surface area contributed by atoms with E-state index < -0.39 is 0 Å². The minimum Gasteiger partial charge on any atom is -0.376 e. The lowest BCUT2D eigenvalue weighted by molar-refractivity contribution is 1.26. The number of hydrogen-bond donors (Lipinski definition) is 0. The zero-order valence-electron chi connectivity index (χ0n) is 27.9. The van der Waals surface area contributed by atoms with Crippen LogP contribution in [0.1, 0.15) is 0 Å². The minimum absolute atomic E-state index is 0.0505. The van der Waals surface area contributed by atoms with Crippen LogP contribution in [-0.2, 0) is 0 Å². The van der Waals surface area contributed by atoms with Crippen LogP contribution >= 0.6 is 0 Å². The van der Waals surface area contributed by atoms with Gasteiger partial charge >= 0.3 is 6.85 Å². The Kier molecular flexibility index (Phi) is 6.08. The molecule has 0 saturated carbocycles. The lowest BCUT2D eigenvalue weighted by Crippen LogP contribution is -2.63. The van der Waals surface area contributed by atoms with Crippen LogP contribution in [0.4, 0.5) is 28.4 Å². The van der Waals surface area contributed by atoms with Crippen molar-refractivity contribution in [2.45, 2.75) is 0 Å². The summed E-state index contributed by atoms with van der Waals surface area (Å²) in [6.07, 6.45) is 0. The first-order valence-electron chi connectivity index (χ1n) is 17.7. The average Bonchev–Trinajstić information content (AvgIpc) is 3.21. The van der Waals surface area contributed by atoms with Gasteiger partial charge in [0.25, 0.3) is 0 Å². The van der Waals surface area contributed by atoms with Gasteiger partial charge in [-0.2, -0.15) is 0 Å². The number of fused-ring (bicyclic) bond motifs is 6. The maximum absolute atomic E-state index is 2.62. The normalized spacial score (nSPS) is 13.0. The summed E-state index contributed by atoms with van der Waals surface area (Å²) in [4.78, 5) is 5.15. The van der Waals surface area contributed by atoms with Gasteiger partial charge in [0.1, 0.15) is 0 Å². The lowest BCUT2D eigenvalue weighted by atomic mass is 9.41. The molecule has 2 nitrogen and oxygen atoms in total. The number of para-hydroxylation sites is 1. The summed E-state index contributed by atoms with van der Waals surface area (Å²) < 4.78 is 0. The van der Waals surface area contributed by atoms with Gasteiger partial charge in [-0.15, -0.1) is 0 Å². The molecular formula is C48H31BN2. The number of nitrogens with zero attached hydrogens (tertiary/aromatic N) is 2. The van der Waals surface area contributed by atoms with Crippen LogP contribution in [0, 0.1) is 0 Å². The SMILES string of the molecule is c1ccc(-c2cc(-c3ccccc3)cc(N3c4cccc5c4B4c6c(cccc63)-c3cc(-c6ccccc6)ccc3N4c3ccccc3-5)c2)cc1. The minimum atomic E-state index is 0.0505. The molecule has 0 bridgehead atoms. The molecular weight excluding hydrogens is 615 g/mol. The Morgan fingerprint density at radius 2 is 0.765 bits per heavy atom. The number of hydrogen-bond acceptors (Lipinski definition) is 2.